The molecule has 1 N–H and O–H groups in total. The molecule has 1 atom stereocenters. The quantitative estimate of drug-likeness (QED) is 0.723. The molecule has 0 saturated heterocycles. The van der Waals surface area contributed by atoms with Crippen LogP contribution < -0.4 is 5.32 Å². The molecule has 1 unspecified atom stereocenters. The van der Waals surface area contributed by atoms with E-state index in [4.69, 9.17) is 4.74 Å². The van der Waals surface area contributed by atoms with Crippen molar-refractivity contribution in [2.24, 2.45) is 0 Å². The first-order chi connectivity index (χ1) is 13.1. The van der Waals surface area contributed by atoms with Crippen LogP contribution in [-0.4, -0.2) is 28.5 Å². The number of imidazole rings is 1. The fourth-order valence-electron chi connectivity index (χ4n) is 3.27. The molecule has 1 aliphatic heterocycles. The van der Waals surface area contributed by atoms with Crippen molar-refractivity contribution in [3.05, 3.63) is 77.5 Å². The van der Waals surface area contributed by atoms with E-state index in [0.717, 1.165) is 5.56 Å². The van der Waals surface area contributed by atoms with Crippen molar-refractivity contribution in [3.63, 3.8) is 0 Å². The second-order valence-corrected chi connectivity index (χ2v) is 6.25. The van der Waals surface area contributed by atoms with Crippen molar-refractivity contribution in [2.45, 2.75) is 12.3 Å². The van der Waals surface area contributed by atoms with Crippen LogP contribution >= 0.6 is 0 Å². The summed E-state index contributed by atoms with van der Waals surface area (Å²) in [6, 6.07) is 13.0. The molecule has 0 spiro atoms. The Bertz CT molecular complexity index is 1030. The van der Waals surface area contributed by atoms with Crippen LogP contribution in [0, 0.1) is 5.82 Å². The van der Waals surface area contributed by atoms with E-state index in [0.29, 0.717) is 22.8 Å². The van der Waals surface area contributed by atoms with Crippen LogP contribution in [0.5, 0.6) is 0 Å². The topological polar surface area (TPSA) is 73.2 Å². The number of nitrogens with one attached hydrogen (secondary N) is 1. The molecule has 0 bridgehead atoms. The highest BCUT2D eigenvalue weighted by Gasteiger charge is 2.31. The van der Waals surface area contributed by atoms with E-state index in [-0.39, 0.29) is 24.1 Å². The number of hydrogen-bond acceptors (Lipinski definition) is 4. The molecule has 1 amide bonds. The number of fused-ring (bicyclic) bond motifs is 1. The Morgan fingerprint density at radius 1 is 1.26 bits per heavy atom. The lowest BCUT2D eigenvalue weighted by Crippen LogP contribution is -2.25. The van der Waals surface area contributed by atoms with Crippen molar-refractivity contribution in [1.29, 1.82) is 0 Å². The largest absolute Gasteiger partial charge is 0.465 e. The van der Waals surface area contributed by atoms with Gasteiger partial charge < -0.3 is 10.1 Å². The minimum Gasteiger partial charge on any atom is -0.465 e. The zero-order valence-corrected chi connectivity index (χ0v) is 14.5. The highest BCUT2D eigenvalue weighted by Crippen LogP contribution is 2.37. The number of carbonyl (C=O) groups is 2. The second-order valence-electron chi connectivity index (χ2n) is 6.25. The van der Waals surface area contributed by atoms with Gasteiger partial charge in [0, 0.05) is 12.3 Å². The number of ether oxygens (including phenoxy) is 1. The number of amides is 1. The van der Waals surface area contributed by atoms with Gasteiger partial charge in [0.25, 0.3) is 0 Å². The Morgan fingerprint density at radius 2 is 2.04 bits per heavy atom. The van der Waals surface area contributed by atoms with Crippen LogP contribution in [0.25, 0.3) is 5.69 Å². The third-order valence-electron chi connectivity index (χ3n) is 4.59. The van der Waals surface area contributed by atoms with Crippen LogP contribution in [0.4, 0.5) is 10.2 Å². The number of aromatic nitrogens is 2. The van der Waals surface area contributed by atoms with Crippen molar-refractivity contribution in [3.8, 4) is 5.69 Å². The van der Waals surface area contributed by atoms with Gasteiger partial charge in [-0.2, -0.15) is 0 Å². The lowest BCUT2D eigenvalue weighted by atomic mass is 9.89. The maximum absolute atomic E-state index is 13.6. The van der Waals surface area contributed by atoms with Crippen molar-refractivity contribution >= 4 is 17.7 Å². The molecule has 136 valence electrons. The Morgan fingerprint density at radius 3 is 2.74 bits per heavy atom. The minimum atomic E-state index is -0.418. The third kappa shape index (κ3) is 3.08. The molecular formula is C20H16FN3O3. The summed E-state index contributed by atoms with van der Waals surface area (Å²) in [4.78, 5) is 28.3. The number of rotatable bonds is 3. The van der Waals surface area contributed by atoms with Gasteiger partial charge in [-0.1, -0.05) is 18.2 Å². The van der Waals surface area contributed by atoms with Gasteiger partial charge in [-0.3, -0.25) is 9.36 Å². The molecule has 6 nitrogen and oxygen atoms in total. The number of benzene rings is 2. The summed E-state index contributed by atoms with van der Waals surface area (Å²) in [6.07, 6.45) is 1.81. The van der Waals surface area contributed by atoms with E-state index in [1.807, 2.05) is 0 Å². The van der Waals surface area contributed by atoms with E-state index >= 15 is 0 Å². The van der Waals surface area contributed by atoms with Crippen molar-refractivity contribution in [1.82, 2.24) is 9.55 Å². The number of halogens is 1. The van der Waals surface area contributed by atoms with Crippen LogP contribution in [0.15, 0.2) is 54.9 Å². The van der Waals surface area contributed by atoms with Gasteiger partial charge in [0.15, 0.2) is 0 Å². The summed E-state index contributed by atoms with van der Waals surface area (Å²) in [5.41, 5.74) is 2.57. The first-order valence-corrected chi connectivity index (χ1v) is 8.38. The average Bonchev–Trinajstić information content (AvgIpc) is 3.10. The molecule has 2 heterocycles. The van der Waals surface area contributed by atoms with Crippen molar-refractivity contribution < 1.29 is 18.7 Å². The summed E-state index contributed by atoms with van der Waals surface area (Å²) in [7, 11) is 1.33. The monoisotopic (exact) mass is 365 g/mol. The Kier molecular flexibility index (Phi) is 4.19. The van der Waals surface area contributed by atoms with Crippen LogP contribution in [-0.2, 0) is 9.53 Å². The number of nitrogens with zero attached hydrogens (tertiary/aromatic N) is 2. The first-order valence-electron chi connectivity index (χ1n) is 8.38. The summed E-state index contributed by atoms with van der Waals surface area (Å²) in [5, 5.41) is 2.83. The molecule has 0 fully saturated rings. The van der Waals surface area contributed by atoms with E-state index in [9.17, 15) is 14.0 Å². The van der Waals surface area contributed by atoms with Gasteiger partial charge in [-0.15, -0.1) is 0 Å². The van der Waals surface area contributed by atoms with Crippen LogP contribution in [0.3, 0.4) is 0 Å². The molecule has 0 radical (unpaired) electrons. The number of hydrogen-bond donors (Lipinski definition) is 1. The lowest BCUT2D eigenvalue weighted by molar-refractivity contribution is -0.116. The Hall–Kier alpha value is -3.48. The molecule has 1 aromatic heterocycles. The molecule has 0 aliphatic carbocycles. The van der Waals surface area contributed by atoms with E-state index in [2.05, 4.69) is 10.3 Å². The summed E-state index contributed by atoms with van der Waals surface area (Å²) >= 11 is 0. The van der Waals surface area contributed by atoms with E-state index in [1.54, 1.807) is 47.3 Å². The number of carbonyl (C=O) groups excluding carboxylic acids is 2. The second kappa shape index (κ2) is 6.68. The number of esters is 1. The molecule has 7 heteroatoms. The van der Waals surface area contributed by atoms with E-state index in [1.165, 1.54) is 19.2 Å². The molecule has 2 aromatic carbocycles. The predicted molar refractivity (Wildman–Crippen MR) is 96.4 cm³/mol. The Labute approximate surface area is 154 Å². The fraction of sp³-hybridized carbons (Fsp3) is 0.150. The zero-order valence-electron chi connectivity index (χ0n) is 14.5. The predicted octanol–water partition coefficient (Wildman–Crippen LogP) is 3.27. The van der Waals surface area contributed by atoms with Gasteiger partial charge in [-0.05, 0) is 35.9 Å². The average molecular weight is 365 g/mol. The zero-order chi connectivity index (χ0) is 19.0. The molecule has 1 aliphatic rings. The lowest BCUT2D eigenvalue weighted by Gasteiger charge is -2.23. The molecule has 4 rings (SSSR count). The van der Waals surface area contributed by atoms with Gasteiger partial charge in [0.2, 0.25) is 5.91 Å². The van der Waals surface area contributed by atoms with Gasteiger partial charge in [-0.25, -0.2) is 14.2 Å². The van der Waals surface area contributed by atoms with Crippen LogP contribution in [0.2, 0.25) is 0 Å². The number of methoxy groups -OCH3 is 1. The summed E-state index contributed by atoms with van der Waals surface area (Å²) in [6.45, 7) is 0. The molecule has 27 heavy (non-hydrogen) atoms. The molecule has 3 aromatic rings. The van der Waals surface area contributed by atoms with Gasteiger partial charge in [0.05, 0.1) is 24.1 Å². The molecular weight excluding hydrogens is 349 g/mol. The van der Waals surface area contributed by atoms with Crippen LogP contribution in [0.1, 0.15) is 34.0 Å². The maximum atomic E-state index is 13.6. The first kappa shape index (κ1) is 17.0. The highest BCUT2D eigenvalue weighted by molar-refractivity contribution is 5.94. The minimum absolute atomic E-state index is 0.150. The van der Waals surface area contributed by atoms with Gasteiger partial charge >= 0.3 is 5.97 Å². The Balaban J connectivity index is 1.74. The van der Waals surface area contributed by atoms with Gasteiger partial charge in [0.1, 0.15) is 18.0 Å². The SMILES string of the molecule is COC(=O)c1ccc(C2CC(=O)Nc3c2ncn3-c2cccc(F)c2)cc1. The highest BCUT2D eigenvalue weighted by atomic mass is 19.1. The smallest absolute Gasteiger partial charge is 0.337 e. The normalized spacial score (nSPS) is 15.8. The van der Waals surface area contributed by atoms with E-state index < -0.39 is 5.97 Å². The van der Waals surface area contributed by atoms with Crippen molar-refractivity contribution in [2.75, 3.05) is 12.4 Å². The maximum Gasteiger partial charge on any atom is 0.337 e. The fourth-order valence-corrected chi connectivity index (χ4v) is 3.27. The standard InChI is InChI=1S/C20H16FN3O3/c1-27-20(26)13-7-5-12(6-8-13)16-10-17(25)23-19-18(16)22-11-24(19)15-4-2-3-14(21)9-15/h2-9,11,16H,10H2,1H3,(H,23,25). The third-order valence-corrected chi connectivity index (χ3v) is 4.59. The number of anilines is 1. The summed E-state index contributed by atoms with van der Waals surface area (Å²) < 4.78 is 19.9. The summed E-state index contributed by atoms with van der Waals surface area (Å²) in [5.74, 6) is -0.664. The molecule has 0 saturated carbocycles.